The Morgan fingerprint density at radius 2 is 2.28 bits per heavy atom. The fraction of sp³-hybridized carbons (Fsp3) is 0.364. The van der Waals surface area contributed by atoms with Crippen LogP contribution in [0, 0.1) is 10.1 Å². The highest BCUT2D eigenvalue weighted by Gasteiger charge is 2.32. The molecule has 0 spiro atoms. The van der Waals surface area contributed by atoms with Crippen molar-refractivity contribution in [3.8, 4) is 0 Å². The lowest BCUT2D eigenvalue weighted by Crippen LogP contribution is -2.36. The number of likely N-dealkylation sites (N-methyl/N-ethyl adjacent to an activating group) is 1. The van der Waals surface area contributed by atoms with Gasteiger partial charge in [0.1, 0.15) is 5.02 Å². The second-order valence-corrected chi connectivity index (χ2v) is 4.42. The molecule has 1 aromatic carbocycles. The van der Waals surface area contributed by atoms with Crippen LogP contribution in [0.5, 0.6) is 0 Å². The van der Waals surface area contributed by atoms with Crippen molar-refractivity contribution in [2.45, 2.75) is 12.5 Å². The molecule has 1 saturated heterocycles. The molecule has 1 amide bonds. The summed E-state index contributed by atoms with van der Waals surface area (Å²) in [5.41, 5.74) is 0.323. The van der Waals surface area contributed by atoms with E-state index < -0.39 is 4.92 Å². The molecule has 0 saturated carbocycles. The van der Waals surface area contributed by atoms with Crippen molar-refractivity contribution in [3.63, 3.8) is 0 Å². The van der Waals surface area contributed by atoms with E-state index in [4.69, 9.17) is 11.6 Å². The first-order valence-corrected chi connectivity index (χ1v) is 5.85. The summed E-state index contributed by atoms with van der Waals surface area (Å²) in [6.45, 7) is 0.545. The number of nitrogens with zero attached hydrogens (tertiary/aromatic N) is 2. The van der Waals surface area contributed by atoms with Gasteiger partial charge in [-0.15, -0.1) is 0 Å². The molecule has 1 aliphatic heterocycles. The van der Waals surface area contributed by atoms with Gasteiger partial charge in [-0.05, 0) is 25.6 Å². The molecule has 1 fully saturated rings. The Morgan fingerprint density at radius 3 is 2.83 bits per heavy atom. The van der Waals surface area contributed by atoms with Crippen molar-refractivity contribution < 1.29 is 9.72 Å². The van der Waals surface area contributed by atoms with Crippen LogP contribution in [-0.2, 0) is 4.79 Å². The number of nitro benzene ring substituents is 1. The van der Waals surface area contributed by atoms with Crippen LogP contribution < -0.4 is 10.2 Å². The number of halogens is 1. The second kappa shape index (κ2) is 4.91. The van der Waals surface area contributed by atoms with E-state index in [1.165, 1.54) is 17.0 Å². The molecular formula is C11H12ClN3O3. The van der Waals surface area contributed by atoms with Gasteiger partial charge in [-0.1, -0.05) is 11.6 Å². The average Bonchev–Trinajstić information content (AvgIpc) is 2.71. The number of anilines is 1. The Bertz CT molecular complexity index is 506. The maximum atomic E-state index is 12.0. The molecule has 18 heavy (non-hydrogen) atoms. The second-order valence-electron chi connectivity index (χ2n) is 4.01. The Kier molecular flexibility index (Phi) is 3.49. The average molecular weight is 270 g/mol. The van der Waals surface area contributed by atoms with E-state index in [9.17, 15) is 14.9 Å². The predicted molar refractivity (Wildman–Crippen MR) is 67.9 cm³/mol. The number of hydrogen-bond acceptors (Lipinski definition) is 4. The zero-order chi connectivity index (χ0) is 13.3. The van der Waals surface area contributed by atoms with E-state index in [0.29, 0.717) is 18.7 Å². The minimum Gasteiger partial charge on any atom is -0.311 e. The molecule has 6 nitrogen and oxygen atoms in total. The fourth-order valence-electron chi connectivity index (χ4n) is 2.01. The molecule has 7 heteroatoms. The molecule has 0 aromatic heterocycles. The van der Waals surface area contributed by atoms with Crippen molar-refractivity contribution in [2.75, 3.05) is 18.5 Å². The third-order valence-corrected chi connectivity index (χ3v) is 3.31. The zero-order valence-corrected chi connectivity index (χ0v) is 10.5. The first kappa shape index (κ1) is 12.8. The molecular weight excluding hydrogens is 258 g/mol. The van der Waals surface area contributed by atoms with Crippen molar-refractivity contribution >= 4 is 28.9 Å². The molecule has 1 N–H and O–H groups in total. The minimum absolute atomic E-state index is 0.0700. The lowest BCUT2D eigenvalue weighted by atomic mass is 10.2. The maximum Gasteiger partial charge on any atom is 0.289 e. The summed E-state index contributed by atoms with van der Waals surface area (Å²) < 4.78 is 0. The van der Waals surface area contributed by atoms with Gasteiger partial charge in [0.25, 0.3) is 5.69 Å². The van der Waals surface area contributed by atoms with Gasteiger partial charge in [0.2, 0.25) is 5.91 Å². The number of hydrogen-bond donors (Lipinski definition) is 1. The van der Waals surface area contributed by atoms with Gasteiger partial charge >= 0.3 is 0 Å². The van der Waals surface area contributed by atoms with Gasteiger partial charge in [-0.2, -0.15) is 0 Å². The molecule has 0 bridgehead atoms. The van der Waals surface area contributed by atoms with E-state index in [0.717, 1.165) is 0 Å². The van der Waals surface area contributed by atoms with E-state index in [2.05, 4.69) is 5.32 Å². The summed E-state index contributed by atoms with van der Waals surface area (Å²) in [5.74, 6) is -0.0749. The Morgan fingerprint density at radius 1 is 1.56 bits per heavy atom. The summed E-state index contributed by atoms with van der Waals surface area (Å²) in [5, 5.41) is 13.8. The number of amides is 1. The Hall–Kier alpha value is -1.66. The summed E-state index contributed by atoms with van der Waals surface area (Å²) in [7, 11) is 1.72. The van der Waals surface area contributed by atoms with E-state index in [-0.39, 0.29) is 22.7 Å². The van der Waals surface area contributed by atoms with Gasteiger partial charge in [0.05, 0.1) is 16.7 Å². The summed E-state index contributed by atoms with van der Waals surface area (Å²) in [6.07, 6.45) is 0.686. The summed E-state index contributed by atoms with van der Waals surface area (Å²) in [6, 6.07) is 4.16. The van der Waals surface area contributed by atoms with Gasteiger partial charge in [0, 0.05) is 12.6 Å². The highest BCUT2D eigenvalue weighted by atomic mass is 35.5. The van der Waals surface area contributed by atoms with E-state index in [1.54, 1.807) is 13.1 Å². The largest absolute Gasteiger partial charge is 0.311 e. The van der Waals surface area contributed by atoms with Crippen LogP contribution in [0.1, 0.15) is 6.42 Å². The van der Waals surface area contributed by atoms with Crippen molar-refractivity contribution in [1.29, 1.82) is 0 Å². The lowest BCUT2D eigenvalue weighted by molar-refractivity contribution is -0.384. The van der Waals surface area contributed by atoms with Crippen molar-refractivity contribution in [3.05, 3.63) is 33.3 Å². The standard InChI is InChI=1S/C11H12ClN3O3/c1-13-9-4-5-14(11(9)16)7-2-3-8(12)10(6-7)15(17)18/h2-3,6,9,13H,4-5H2,1H3. The van der Waals surface area contributed by atoms with Gasteiger partial charge in [-0.25, -0.2) is 0 Å². The molecule has 1 unspecified atom stereocenters. The van der Waals surface area contributed by atoms with Gasteiger partial charge < -0.3 is 10.2 Å². The van der Waals surface area contributed by atoms with Gasteiger partial charge in [-0.3, -0.25) is 14.9 Å². The summed E-state index contributed by atoms with van der Waals surface area (Å²) in [4.78, 5) is 23.7. The molecule has 2 rings (SSSR count). The minimum atomic E-state index is -0.554. The van der Waals surface area contributed by atoms with Crippen molar-refractivity contribution in [1.82, 2.24) is 5.32 Å². The number of nitro groups is 1. The normalized spacial score (nSPS) is 19.3. The lowest BCUT2D eigenvalue weighted by Gasteiger charge is -2.16. The summed E-state index contributed by atoms with van der Waals surface area (Å²) >= 11 is 5.73. The van der Waals surface area contributed by atoms with Crippen LogP contribution in [0.15, 0.2) is 18.2 Å². The molecule has 0 aliphatic carbocycles. The molecule has 0 radical (unpaired) electrons. The maximum absolute atomic E-state index is 12.0. The number of nitrogens with one attached hydrogen (secondary N) is 1. The predicted octanol–water partition coefficient (Wildman–Crippen LogP) is 1.57. The monoisotopic (exact) mass is 269 g/mol. The number of carbonyl (C=O) groups is 1. The smallest absolute Gasteiger partial charge is 0.289 e. The fourth-order valence-corrected chi connectivity index (χ4v) is 2.20. The highest BCUT2D eigenvalue weighted by Crippen LogP contribution is 2.31. The zero-order valence-electron chi connectivity index (χ0n) is 9.72. The number of carbonyl (C=O) groups excluding carboxylic acids is 1. The van der Waals surface area contributed by atoms with E-state index >= 15 is 0 Å². The van der Waals surface area contributed by atoms with Crippen LogP contribution in [0.25, 0.3) is 0 Å². The third kappa shape index (κ3) is 2.16. The highest BCUT2D eigenvalue weighted by molar-refractivity contribution is 6.32. The Labute approximate surface area is 109 Å². The molecule has 1 heterocycles. The first-order valence-electron chi connectivity index (χ1n) is 5.47. The molecule has 1 aromatic rings. The van der Waals surface area contributed by atoms with Crippen LogP contribution in [-0.4, -0.2) is 30.5 Å². The van der Waals surface area contributed by atoms with Crippen LogP contribution in [0.4, 0.5) is 11.4 Å². The number of benzene rings is 1. The van der Waals surface area contributed by atoms with E-state index in [1.807, 2.05) is 0 Å². The quantitative estimate of drug-likeness (QED) is 0.668. The SMILES string of the molecule is CNC1CCN(c2ccc(Cl)c([N+](=O)[O-])c2)C1=O. The van der Waals surface area contributed by atoms with Crippen LogP contribution in [0.3, 0.4) is 0 Å². The molecule has 1 aliphatic rings. The van der Waals surface area contributed by atoms with Crippen molar-refractivity contribution in [2.24, 2.45) is 0 Å². The van der Waals surface area contributed by atoms with Gasteiger partial charge in [0.15, 0.2) is 0 Å². The third-order valence-electron chi connectivity index (χ3n) is 2.99. The topological polar surface area (TPSA) is 75.5 Å². The molecule has 1 atom stereocenters. The number of rotatable bonds is 3. The molecule has 96 valence electrons. The first-order chi connectivity index (χ1) is 8.54. The van der Waals surface area contributed by atoms with Crippen LogP contribution in [0.2, 0.25) is 5.02 Å². The van der Waals surface area contributed by atoms with Crippen LogP contribution >= 0.6 is 11.6 Å². The Balaban J connectivity index is 2.33.